The molecule has 3 aromatic rings. The van der Waals surface area contributed by atoms with Gasteiger partial charge in [-0.2, -0.15) is 5.10 Å². The SMILES string of the molecule is CCOc1ccccc1CNC(=O)CCC(=O)N1CCCn2nc(-c3cccn3C)cc21. The first kappa shape index (κ1) is 21.7. The fraction of sp³-hybridized carbons (Fsp3) is 0.375. The van der Waals surface area contributed by atoms with Gasteiger partial charge in [0.05, 0.1) is 12.3 Å². The molecule has 4 rings (SSSR count). The van der Waals surface area contributed by atoms with Gasteiger partial charge < -0.3 is 14.6 Å². The van der Waals surface area contributed by atoms with Gasteiger partial charge in [-0.1, -0.05) is 18.2 Å². The molecule has 1 aromatic carbocycles. The molecule has 3 heterocycles. The molecule has 0 atom stereocenters. The summed E-state index contributed by atoms with van der Waals surface area (Å²) in [7, 11) is 1.97. The normalized spacial score (nSPS) is 13.0. The molecule has 8 nitrogen and oxygen atoms in total. The van der Waals surface area contributed by atoms with Crippen LogP contribution in [0.3, 0.4) is 0 Å². The lowest BCUT2D eigenvalue weighted by molar-refractivity contribution is -0.125. The van der Waals surface area contributed by atoms with E-state index in [1.807, 2.05) is 71.9 Å². The third-order valence-corrected chi connectivity index (χ3v) is 5.61. The van der Waals surface area contributed by atoms with Crippen molar-refractivity contribution in [3.8, 4) is 17.1 Å². The summed E-state index contributed by atoms with van der Waals surface area (Å²) in [6.45, 7) is 4.29. The number of aryl methyl sites for hydroxylation is 2. The average molecular weight is 436 g/mol. The Kier molecular flexibility index (Phi) is 6.58. The lowest BCUT2D eigenvalue weighted by atomic mass is 10.2. The van der Waals surface area contributed by atoms with E-state index >= 15 is 0 Å². The van der Waals surface area contributed by atoms with Gasteiger partial charge in [-0.05, 0) is 31.5 Å². The minimum atomic E-state index is -0.153. The summed E-state index contributed by atoms with van der Waals surface area (Å²) in [6.07, 6.45) is 3.12. The van der Waals surface area contributed by atoms with Crippen LogP contribution >= 0.6 is 0 Å². The second-order valence-corrected chi connectivity index (χ2v) is 7.83. The largest absolute Gasteiger partial charge is 0.494 e. The number of nitrogens with one attached hydrogen (secondary N) is 1. The van der Waals surface area contributed by atoms with Gasteiger partial charge in [0.15, 0.2) is 0 Å². The standard InChI is InChI=1S/C24H29N5O3/c1-3-32-21-10-5-4-8-18(21)17-25-22(30)11-12-24(31)28-14-7-15-29-23(28)16-19(26-29)20-9-6-13-27(20)2/h4-6,8-10,13,16H,3,7,11-12,14-15,17H2,1-2H3,(H,25,30). The molecule has 0 aliphatic carbocycles. The second-order valence-electron chi connectivity index (χ2n) is 7.83. The van der Waals surface area contributed by atoms with Gasteiger partial charge in [0.2, 0.25) is 11.8 Å². The number of anilines is 1. The fourth-order valence-corrected chi connectivity index (χ4v) is 3.97. The van der Waals surface area contributed by atoms with E-state index in [1.165, 1.54) is 0 Å². The van der Waals surface area contributed by atoms with E-state index in [1.54, 1.807) is 4.90 Å². The van der Waals surface area contributed by atoms with E-state index in [0.717, 1.165) is 41.5 Å². The van der Waals surface area contributed by atoms with E-state index in [2.05, 4.69) is 10.4 Å². The van der Waals surface area contributed by atoms with Crippen molar-refractivity contribution in [1.29, 1.82) is 0 Å². The molecule has 0 spiro atoms. The highest BCUT2D eigenvalue weighted by atomic mass is 16.5. The first-order valence-corrected chi connectivity index (χ1v) is 11.0. The van der Waals surface area contributed by atoms with Crippen molar-refractivity contribution in [3.63, 3.8) is 0 Å². The zero-order chi connectivity index (χ0) is 22.5. The Morgan fingerprint density at radius 2 is 1.97 bits per heavy atom. The van der Waals surface area contributed by atoms with E-state index in [4.69, 9.17) is 4.74 Å². The molecule has 0 saturated heterocycles. The molecule has 2 aromatic heterocycles. The molecular formula is C24H29N5O3. The highest BCUT2D eigenvalue weighted by Gasteiger charge is 2.25. The molecule has 1 N–H and O–H groups in total. The predicted octanol–water partition coefficient (Wildman–Crippen LogP) is 3.12. The maximum Gasteiger partial charge on any atom is 0.228 e. The van der Waals surface area contributed by atoms with E-state index < -0.39 is 0 Å². The molecule has 168 valence electrons. The van der Waals surface area contributed by atoms with Gasteiger partial charge in [-0.15, -0.1) is 0 Å². The van der Waals surface area contributed by atoms with Crippen LogP contribution in [-0.4, -0.2) is 39.3 Å². The maximum absolute atomic E-state index is 12.9. The lowest BCUT2D eigenvalue weighted by Gasteiger charge is -2.27. The minimum Gasteiger partial charge on any atom is -0.494 e. The third-order valence-electron chi connectivity index (χ3n) is 5.61. The summed E-state index contributed by atoms with van der Waals surface area (Å²) >= 11 is 0. The monoisotopic (exact) mass is 435 g/mol. The molecule has 0 unspecified atom stereocenters. The Balaban J connectivity index is 1.35. The molecule has 0 saturated carbocycles. The van der Waals surface area contributed by atoms with Crippen LogP contribution in [0.4, 0.5) is 5.82 Å². The number of hydrogen-bond acceptors (Lipinski definition) is 4. The number of para-hydroxylation sites is 1. The smallest absolute Gasteiger partial charge is 0.228 e. The van der Waals surface area contributed by atoms with Crippen LogP contribution in [0.15, 0.2) is 48.7 Å². The van der Waals surface area contributed by atoms with Crippen LogP contribution in [0.5, 0.6) is 5.75 Å². The van der Waals surface area contributed by atoms with Crippen molar-refractivity contribution in [2.24, 2.45) is 7.05 Å². The summed E-state index contributed by atoms with van der Waals surface area (Å²) in [6, 6.07) is 13.6. The zero-order valence-electron chi connectivity index (χ0n) is 18.6. The Hall–Kier alpha value is -3.55. The third kappa shape index (κ3) is 4.69. The first-order valence-electron chi connectivity index (χ1n) is 11.0. The average Bonchev–Trinajstić information content (AvgIpc) is 3.42. The number of nitrogens with zero attached hydrogens (tertiary/aromatic N) is 4. The van der Waals surface area contributed by atoms with Gasteiger partial charge in [0.25, 0.3) is 0 Å². The molecule has 0 fully saturated rings. The van der Waals surface area contributed by atoms with Crippen molar-refractivity contribution < 1.29 is 14.3 Å². The highest BCUT2D eigenvalue weighted by Crippen LogP contribution is 2.28. The molecule has 0 bridgehead atoms. The Bertz CT molecular complexity index is 1100. The number of rotatable bonds is 8. The van der Waals surface area contributed by atoms with Crippen molar-refractivity contribution in [2.45, 2.75) is 39.3 Å². The lowest BCUT2D eigenvalue weighted by Crippen LogP contribution is -2.38. The summed E-state index contributed by atoms with van der Waals surface area (Å²) in [5, 5.41) is 7.57. The van der Waals surface area contributed by atoms with Crippen molar-refractivity contribution in [1.82, 2.24) is 19.7 Å². The first-order chi connectivity index (χ1) is 15.6. The molecular weight excluding hydrogens is 406 g/mol. The molecule has 8 heteroatoms. The number of carbonyl (C=O) groups is 2. The number of amides is 2. The highest BCUT2D eigenvalue weighted by molar-refractivity contribution is 5.95. The zero-order valence-corrected chi connectivity index (χ0v) is 18.6. The topological polar surface area (TPSA) is 81.4 Å². The predicted molar refractivity (Wildman–Crippen MR) is 122 cm³/mol. The van der Waals surface area contributed by atoms with Gasteiger partial charge in [0.1, 0.15) is 17.3 Å². The van der Waals surface area contributed by atoms with E-state index in [0.29, 0.717) is 19.7 Å². The van der Waals surface area contributed by atoms with Crippen LogP contribution in [0, 0.1) is 0 Å². The number of fused-ring (bicyclic) bond motifs is 1. The number of carbonyl (C=O) groups excluding carboxylic acids is 2. The second kappa shape index (κ2) is 9.72. The summed E-state index contributed by atoms with van der Waals surface area (Å²) in [4.78, 5) is 27.0. The maximum atomic E-state index is 12.9. The van der Waals surface area contributed by atoms with Gasteiger partial charge in [-0.3, -0.25) is 14.5 Å². The molecule has 0 radical (unpaired) electrons. The minimum absolute atomic E-state index is 0.0610. The fourth-order valence-electron chi connectivity index (χ4n) is 3.97. The van der Waals surface area contributed by atoms with Gasteiger partial charge in [0, 0.05) is 57.4 Å². The molecule has 2 amide bonds. The number of aromatic nitrogens is 3. The van der Waals surface area contributed by atoms with Crippen LogP contribution in [-0.2, 0) is 29.7 Å². The van der Waals surface area contributed by atoms with Gasteiger partial charge >= 0.3 is 0 Å². The van der Waals surface area contributed by atoms with Crippen molar-refractivity contribution in [3.05, 3.63) is 54.2 Å². The van der Waals surface area contributed by atoms with Crippen molar-refractivity contribution in [2.75, 3.05) is 18.1 Å². The Morgan fingerprint density at radius 3 is 2.75 bits per heavy atom. The van der Waals surface area contributed by atoms with Crippen LogP contribution in [0.2, 0.25) is 0 Å². The Morgan fingerprint density at radius 1 is 1.12 bits per heavy atom. The van der Waals surface area contributed by atoms with Gasteiger partial charge in [-0.25, -0.2) is 4.68 Å². The van der Waals surface area contributed by atoms with Crippen molar-refractivity contribution >= 4 is 17.6 Å². The molecule has 1 aliphatic rings. The van der Waals surface area contributed by atoms with E-state index in [9.17, 15) is 9.59 Å². The van der Waals surface area contributed by atoms with Crippen LogP contribution in [0.1, 0.15) is 31.7 Å². The molecule has 32 heavy (non-hydrogen) atoms. The van der Waals surface area contributed by atoms with Crippen LogP contribution in [0.25, 0.3) is 11.4 Å². The summed E-state index contributed by atoms with van der Waals surface area (Å²) < 4.78 is 9.49. The van der Waals surface area contributed by atoms with E-state index in [-0.39, 0.29) is 24.7 Å². The molecule has 1 aliphatic heterocycles. The summed E-state index contributed by atoms with van der Waals surface area (Å²) in [5.41, 5.74) is 2.77. The number of hydrogen-bond donors (Lipinski definition) is 1. The quantitative estimate of drug-likeness (QED) is 0.590. The van der Waals surface area contributed by atoms with Crippen LogP contribution < -0.4 is 15.0 Å². The summed E-state index contributed by atoms with van der Waals surface area (Å²) in [5.74, 6) is 1.35. The number of benzene rings is 1. The Labute approximate surface area is 187 Å². The number of ether oxygens (including phenoxy) is 1.